The van der Waals surface area contributed by atoms with Crippen molar-refractivity contribution in [3.63, 3.8) is 0 Å². The van der Waals surface area contributed by atoms with Crippen molar-refractivity contribution >= 4 is 11.6 Å². The van der Waals surface area contributed by atoms with Crippen LogP contribution in [0.2, 0.25) is 0 Å². The van der Waals surface area contributed by atoms with Gasteiger partial charge in [0, 0.05) is 18.8 Å². The molecule has 1 aliphatic heterocycles. The maximum absolute atomic E-state index is 12.7. The summed E-state index contributed by atoms with van der Waals surface area (Å²) in [5.41, 5.74) is 3.00. The fourth-order valence-electron chi connectivity index (χ4n) is 2.42. The Morgan fingerprint density at radius 2 is 1.95 bits per heavy atom. The Labute approximate surface area is 116 Å². The second-order valence-electron chi connectivity index (χ2n) is 6.30. The third-order valence-corrected chi connectivity index (χ3v) is 3.97. The van der Waals surface area contributed by atoms with Crippen LogP contribution in [0, 0.1) is 19.8 Å². The Bertz CT molecular complexity index is 494. The van der Waals surface area contributed by atoms with Gasteiger partial charge in [0.1, 0.15) is 0 Å². The van der Waals surface area contributed by atoms with E-state index in [1.54, 1.807) is 0 Å². The normalized spacial score (nSPS) is 23.3. The van der Waals surface area contributed by atoms with E-state index in [0.29, 0.717) is 5.92 Å². The fraction of sp³-hybridized carbons (Fsp3) is 0.562. The first-order valence-electron chi connectivity index (χ1n) is 6.95. The summed E-state index contributed by atoms with van der Waals surface area (Å²) in [6.45, 7) is 11.9. The quantitative estimate of drug-likeness (QED) is 0.842. The Hall–Kier alpha value is -1.35. The van der Waals surface area contributed by atoms with E-state index in [9.17, 15) is 4.79 Å². The lowest BCUT2D eigenvalue weighted by Gasteiger charge is -2.29. The van der Waals surface area contributed by atoms with Crippen molar-refractivity contribution < 1.29 is 4.79 Å². The molecule has 1 aromatic carbocycles. The van der Waals surface area contributed by atoms with Crippen LogP contribution in [0.4, 0.5) is 5.69 Å². The highest BCUT2D eigenvalue weighted by Gasteiger charge is 2.36. The monoisotopic (exact) mass is 260 g/mol. The second kappa shape index (κ2) is 4.97. The number of rotatable bonds is 1. The highest BCUT2D eigenvalue weighted by molar-refractivity contribution is 6.00. The van der Waals surface area contributed by atoms with Crippen LogP contribution in [0.15, 0.2) is 18.2 Å². The van der Waals surface area contributed by atoms with E-state index in [-0.39, 0.29) is 5.91 Å². The van der Waals surface area contributed by atoms with Gasteiger partial charge in [0.05, 0.1) is 5.54 Å². The molecule has 3 nitrogen and oxygen atoms in total. The van der Waals surface area contributed by atoms with Crippen molar-refractivity contribution in [3.05, 3.63) is 29.3 Å². The highest BCUT2D eigenvalue weighted by Crippen LogP contribution is 2.24. The third kappa shape index (κ3) is 2.81. The highest BCUT2D eigenvalue weighted by atomic mass is 16.2. The van der Waals surface area contributed by atoms with Gasteiger partial charge in [0.2, 0.25) is 5.91 Å². The van der Waals surface area contributed by atoms with Gasteiger partial charge in [-0.2, -0.15) is 0 Å². The Morgan fingerprint density at radius 1 is 1.26 bits per heavy atom. The standard InChI is InChI=1S/C16H24N2O/c1-11-9-17-16(4,5)15(19)18(10-11)14-7-6-12(2)13(3)8-14/h6-8,11,17H,9-10H2,1-5H3. The number of carbonyl (C=O) groups excluding carboxylic acids is 1. The van der Waals surface area contributed by atoms with Crippen molar-refractivity contribution in [1.29, 1.82) is 0 Å². The molecule has 1 fully saturated rings. The van der Waals surface area contributed by atoms with Crippen molar-refractivity contribution in [1.82, 2.24) is 5.32 Å². The molecule has 1 aromatic rings. The first kappa shape index (κ1) is 14.1. The molecule has 1 unspecified atom stereocenters. The second-order valence-corrected chi connectivity index (χ2v) is 6.30. The van der Waals surface area contributed by atoms with Crippen LogP contribution >= 0.6 is 0 Å². The predicted molar refractivity (Wildman–Crippen MR) is 79.5 cm³/mol. The number of nitrogens with zero attached hydrogens (tertiary/aromatic N) is 1. The minimum atomic E-state index is -0.496. The van der Waals surface area contributed by atoms with Crippen LogP contribution in [0.3, 0.4) is 0 Å². The van der Waals surface area contributed by atoms with Crippen LogP contribution in [0.5, 0.6) is 0 Å². The van der Waals surface area contributed by atoms with Crippen molar-refractivity contribution in [3.8, 4) is 0 Å². The van der Waals surface area contributed by atoms with Crippen LogP contribution in [0.1, 0.15) is 31.9 Å². The SMILES string of the molecule is Cc1ccc(N2CC(C)CNC(C)(C)C2=O)cc1C. The summed E-state index contributed by atoms with van der Waals surface area (Å²) in [5.74, 6) is 0.604. The Morgan fingerprint density at radius 3 is 2.58 bits per heavy atom. The number of nitrogens with one attached hydrogen (secondary N) is 1. The summed E-state index contributed by atoms with van der Waals surface area (Å²) in [5, 5.41) is 3.35. The smallest absolute Gasteiger partial charge is 0.246 e. The molecule has 1 heterocycles. The van der Waals surface area contributed by atoms with Crippen LogP contribution in [0.25, 0.3) is 0 Å². The van der Waals surface area contributed by atoms with Gasteiger partial charge in [0.15, 0.2) is 0 Å². The molecule has 1 atom stereocenters. The molecule has 1 saturated heterocycles. The maximum atomic E-state index is 12.7. The van der Waals surface area contributed by atoms with E-state index in [0.717, 1.165) is 18.8 Å². The zero-order chi connectivity index (χ0) is 14.2. The molecule has 0 radical (unpaired) electrons. The van der Waals surface area contributed by atoms with E-state index in [1.807, 2.05) is 24.8 Å². The van der Waals surface area contributed by atoms with Crippen LogP contribution in [-0.4, -0.2) is 24.5 Å². The van der Waals surface area contributed by atoms with Gasteiger partial charge < -0.3 is 10.2 Å². The molecule has 0 saturated carbocycles. The number of hydrogen-bond acceptors (Lipinski definition) is 2. The van der Waals surface area contributed by atoms with Gasteiger partial charge in [-0.15, -0.1) is 0 Å². The molecule has 104 valence electrons. The molecule has 0 bridgehead atoms. The summed E-state index contributed by atoms with van der Waals surface area (Å²) in [6.07, 6.45) is 0. The largest absolute Gasteiger partial charge is 0.311 e. The number of anilines is 1. The summed E-state index contributed by atoms with van der Waals surface area (Å²) in [6, 6.07) is 6.25. The van der Waals surface area contributed by atoms with Crippen LogP contribution in [-0.2, 0) is 4.79 Å². The first-order valence-corrected chi connectivity index (χ1v) is 6.95. The zero-order valence-electron chi connectivity index (χ0n) is 12.6. The average Bonchev–Trinajstić information content (AvgIpc) is 2.45. The molecular formula is C16H24N2O. The summed E-state index contributed by atoms with van der Waals surface area (Å²) in [7, 11) is 0. The molecule has 0 aliphatic carbocycles. The Kier molecular flexibility index (Phi) is 3.68. The van der Waals surface area contributed by atoms with Gasteiger partial charge in [-0.1, -0.05) is 13.0 Å². The number of benzene rings is 1. The average molecular weight is 260 g/mol. The van der Waals surface area contributed by atoms with Crippen LogP contribution < -0.4 is 10.2 Å². The zero-order valence-corrected chi connectivity index (χ0v) is 12.6. The molecular weight excluding hydrogens is 236 g/mol. The van der Waals surface area contributed by atoms with E-state index in [4.69, 9.17) is 0 Å². The molecule has 2 rings (SSSR count). The lowest BCUT2D eigenvalue weighted by atomic mass is 10.0. The summed E-state index contributed by atoms with van der Waals surface area (Å²) in [4.78, 5) is 14.6. The van der Waals surface area contributed by atoms with Crippen molar-refractivity contribution in [2.24, 2.45) is 5.92 Å². The first-order chi connectivity index (χ1) is 8.81. The third-order valence-electron chi connectivity index (χ3n) is 3.97. The molecule has 0 aromatic heterocycles. The topological polar surface area (TPSA) is 32.3 Å². The van der Waals surface area contributed by atoms with E-state index in [1.165, 1.54) is 11.1 Å². The molecule has 19 heavy (non-hydrogen) atoms. The molecule has 1 amide bonds. The lowest BCUT2D eigenvalue weighted by Crippen LogP contribution is -2.51. The minimum Gasteiger partial charge on any atom is -0.311 e. The summed E-state index contributed by atoms with van der Waals surface area (Å²) >= 11 is 0. The minimum absolute atomic E-state index is 0.153. The predicted octanol–water partition coefficient (Wildman–Crippen LogP) is 2.65. The number of hydrogen-bond donors (Lipinski definition) is 1. The fourth-order valence-corrected chi connectivity index (χ4v) is 2.42. The number of aryl methyl sites for hydroxylation is 2. The molecule has 0 spiro atoms. The van der Waals surface area contributed by atoms with Crippen molar-refractivity contribution in [2.75, 3.05) is 18.0 Å². The van der Waals surface area contributed by atoms with Gasteiger partial charge in [-0.05, 0) is 56.9 Å². The van der Waals surface area contributed by atoms with Gasteiger partial charge >= 0.3 is 0 Å². The maximum Gasteiger partial charge on any atom is 0.246 e. The molecule has 1 N–H and O–H groups in total. The Balaban J connectivity index is 2.39. The lowest BCUT2D eigenvalue weighted by molar-refractivity contribution is -0.123. The van der Waals surface area contributed by atoms with E-state index >= 15 is 0 Å². The molecule has 1 aliphatic rings. The van der Waals surface area contributed by atoms with Gasteiger partial charge in [-0.25, -0.2) is 0 Å². The number of amides is 1. The van der Waals surface area contributed by atoms with Crippen molar-refractivity contribution in [2.45, 2.75) is 40.2 Å². The van der Waals surface area contributed by atoms with Gasteiger partial charge in [-0.3, -0.25) is 4.79 Å². The summed E-state index contributed by atoms with van der Waals surface area (Å²) < 4.78 is 0. The number of carbonyl (C=O) groups is 1. The van der Waals surface area contributed by atoms with Gasteiger partial charge in [0.25, 0.3) is 0 Å². The molecule has 3 heteroatoms. The van der Waals surface area contributed by atoms with E-state index < -0.39 is 5.54 Å². The van der Waals surface area contributed by atoms with E-state index in [2.05, 4.69) is 38.2 Å².